The van der Waals surface area contributed by atoms with Gasteiger partial charge < -0.3 is 10.1 Å². The molecule has 0 bridgehead atoms. The Bertz CT molecular complexity index is 790. The molecule has 0 aliphatic rings. The van der Waals surface area contributed by atoms with Gasteiger partial charge in [-0.2, -0.15) is 13.2 Å². The number of H-pyrrole nitrogens is 1. The lowest BCUT2D eigenvalue weighted by molar-refractivity contribution is -0.140. The fourth-order valence-electron chi connectivity index (χ4n) is 2.05. The van der Waals surface area contributed by atoms with E-state index in [1.165, 1.54) is 0 Å². The molecule has 0 saturated heterocycles. The monoisotopic (exact) mass is 296 g/mol. The summed E-state index contributed by atoms with van der Waals surface area (Å²) in [5.41, 5.74) is -0.448. The van der Waals surface area contributed by atoms with E-state index in [9.17, 15) is 22.7 Å². The third kappa shape index (κ3) is 2.20. The molecule has 0 amide bonds. The van der Waals surface area contributed by atoms with Crippen LogP contribution >= 0.6 is 0 Å². The second-order valence-corrected chi connectivity index (χ2v) is 4.42. The van der Waals surface area contributed by atoms with E-state index in [0.717, 1.165) is 6.07 Å². The lowest BCUT2D eigenvalue weighted by Gasteiger charge is -2.10. The van der Waals surface area contributed by atoms with Gasteiger partial charge in [0.15, 0.2) is 11.6 Å². The van der Waals surface area contributed by atoms with Crippen LogP contribution in [0.2, 0.25) is 0 Å². The molecule has 2 aromatic carbocycles. The second-order valence-electron chi connectivity index (χ2n) is 4.42. The number of imidazole rings is 1. The van der Waals surface area contributed by atoms with Crippen LogP contribution in [0.5, 0.6) is 5.75 Å². The van der Waals surface area contributed by atoms with Crippen LogP contribution in [0.3, 0.4) is 0 Å². The number of aromatic amines is 1. The quantitative estimate of drug-likeness (QED) is 0.664. The molecule has 0 saturated carbocycles. The highest BCUT2D eigenvalue weighted by atomic mass is 19.4. The van der Waals surface area contributed by atoms with Crippen molar-refractivity contribution in [2.24, 2.45) is 0 Å². The Labute approximate surface area is 115 Å². The molecule has 0 fully saturated rings. The van der Waals surface area contributed by atoms with E-state index in [0.29, 0.717) is 17.1 Å². The number of nitrogens with zero attached hydrogens (tertiary/aromatic N) is 1. The minimum absolute atomic E-state index is 0.0984. The van der Waals surface area contributed by atoms with Gasteiger partial charge in [-0.05, 0) is 24.3 Å². The molecule has 0 unspecified atom stereocenters. The molecule has 0 spiro atoms. The van der Waals surface area contributed by atoms with Gasteiger partial charge in [0.05, 0.1) is 22.2 Å². The molecule has 0 atom stereocenters. The van der Waals surface area contributed by atoms with Crippen LogP contribution in [0.25, 0.3) is 22.4 Å². The highest BCUT2D eigenvalue weighted by Gasteiger charge is 2.36. The summed E-state index contributed by atoms with van der Waals surface area (Å²) >= 11 is 0. The minimum Gasteiger partial charge on any atom is -0.504 e. The first kappa shape index (κ1) is 13.4. The maximum Gasteiger partial charge on any atom is 0.419 e. The van der Waals surface area contributed by atoms with Crippen LogP contribution in [0, 0.1) is 5.82 Å². The molecule has 1 heterocycles. The SMILES string of the molecule is Oc1c(-c2nc3ccccc3[nH]2)ccc(C(F)(F)F)c1F. The number of hydrogen-bond donors (Lipinski definition) is 2. The molecule has 1 aromatic heterocycles. The maximum atomic E-state index is 13.7. The lowest BCUT2D eigenvalue weighted by Crippen LogP contribution is -2.08. The number of halogens is 4. The number of phenolic OH excluding ortho intramolecular Hbond substituents is 1. The van der Waals surface area contributed by atoms with Crippen LogP contribution < -0.4 is 0 Å². The number of benzene rings is 2. The molecule has 108 valence electrons. The molecule has 21 heavy (non-hydrogen) atoms. The van der Waals surface area contributed by atoms with Crippen LogP contribution in [0.1, 0.15) is 5.56 Å². The summed E-state index contributed by atoms with van der Waals surface area (Å²) in [7, 11) is 0. The fourth-order valence-corrected chi connectivity index (χ4v) is 2.05. The zero-order valence-electron chi connectivity index (χ0n) is 10.4. The molecular formula is C14H8F4N2O. The summed E-state index contributed by atoms with van der Waals surface area (Å²) in [5.74, 6) is -2.69. The van der Waals surface area contributed by atoms with Crippen molar-refractivity contribution in [2.45, 2.75) is 6.18 Å². The Morgan fingerprint density at radius 1 is 1.05 bits per heavy atom. The number of hydrogen-bond acceptors (Lipinski definition) is 2. The van der Waals surface area contributed by atoms with Gasteiger partial charge in [0.2, 0.25) is 0 Å². The van der Waals surface area contributed by atoms with E-state index in [1.54, 1.807) is 24.3 Å². The minimum atomic E-state index is -4.87. The lowest BCUT2D eigenvalue weighted by atomic mass is 10.1. The Morgan fingerprint density at radius 3 is 2.43 bits per heavy atom. The zero-order valence-corrected chi connectivity index (χ0v) is 10.4. The largest absolute Gasteiger partial charge is 0.504 e. The highest BCUT2D eigenvalue weighted by molar-refractivity contribution is 5.80. The van der Waals surface area contributed by atoms with Gasteiger partial charge in [0, 0.05) is 0 Å². The van der Waals surface area contributed by atoms with E-state index >= 15 is 0 Å². The van der Waals surface area contributed by atoms with Gasteiger partial charge in [-0.25, -0.2) is 9.37 Å². The first-order chi connectivity index (χ1) is 9.88. The molecule has 3 nitrogen and oxygen atoms in total. The Kier molecular flexibility index (Phi) is 2.86. The molecule has 0 aliphatic carbocycles. The second kappa shape index (κ2) is 4.47. The standard InChI is InChI=1S/C14H8F4N2O/c15-11-8(14(16,17)18)6-5-7(12(11)21)13-19-9-3-1-2-4-10(9)20-13/h1-6,21H,(H,19,20). The van der Waals surface area contributed by atoms with Crippen molar-refractivity contribution in [3.63, 3.8) is 0 Å². The number of rotatable bonds is 1. The number of aromatic hydroxyl groups is 1. The van der Waals surface area contributed by atoms with Crippen molar-refractivity contribution in [3.8, 4) is 17.1 Å². The third-order valence-corrected chi connectivity index (χ3v) is 3.07. The molecule has 7 heteroatoms. The third-order valence-electron chi connectivity index (χ3n) is 3.07. The van der Waals surface area contributed by atoms with Gasteiger partial charge in [-0.3, -0.25) is 0 Å². The van der Waals surface area contributed by atoms with E-state index in [2.05, 4.69) is 9.97 Å². The van der Waals surface area contributed by atoms with Gasteiger partial charge in [0.1, 0.15) is 5.82 Å². The number of para-hydroxylation sites is 2. The first-order valence-corrected chi connectivity index (χ1v) is 5.91. The summed E-state index contributed by atoms with van der Waals surface area (Å²) in [6, 6.07) is 8.45. The maximum absolute atomic E-state index is 13.7. The number of alkyl halides is 3. The van der Waals surface area contributed by atoms with Gasteiger partial charge in [-0.15, -0.1) is 0 Å². The van der Waals surface area contributed by atoms with Crippen molar-refractivity contribution in [2.75, 3.05) is 0 Å². The van der Waals surface area contributed by atoms with Gasteiger partial charge >= 0.3 is 6.18 Å². The van der Waals surface area contributed by atoms with Crippen molar-refractivity contribution < 1.29 is 22.7 Å². The van der Waals surface area contributed by atoms with Crippen molar-refractivity contribution in [3.05, 3.63) is 47.8 Å². The Hall–Kier alpha value is -2.57. The molecule has 0 radical (unpaired) electrons. The van der Waals surface area contributed by atoms with E-state index in [-0.39, 0.29) is 11.4 Å². The molecule has 0 aliphatic heterocycles. The van der Waals surface area contributed by atoms with E-state index < -0.39 is 23.3 Å². The van der Waals surface area contributed by atoms with Gasteiger partial charge in [-0.1, -0.05) is 12.1 Å². The van der Waals surface area contributed by atoms with Crippen LogP contribution in [0.4, 0.5) is 17.6 Å². The van der Waals surface area contributed by atoms with Crippen LogP contribution in [-0.2, 0) is 6.18 Å². The topological polar surface area (TPSA) is 48.9 Å². The summed E-state index contributed by atoms with van der Waals surface area (Å²) in [4.78, 5) is 6.93. The predicted molar refractivity (Wildman–Crippen MR) is 68.2 cm³/mol. The number of fused-ring (bicyclic) bond motifs is 1. The summed E-state index contributed by atoms with van der Waals surface area (Å²) in [6.45, 7) is 0. The number of nitrogens with one attached hydrogen (secondary N) is 1. The molecular weight excluding hydrogens is 288 g/mol. The first-order valence-electron chi connectivity index (χ1n) is 5.91. The Morgan fingerprint density at radius 2 is 1.76 bits per heavy atom. The molecule has 3 aromatic rings. The predicted octanol–water partition coefficient (Wildman–Crippen LogP) is 4.09. The summed E-state index contributed by atoms with van der Waals surface area (Å²) < 4.78 is 51.4. The van der Waals surface area contributed by atoms with Crippen molar-refractivity contribution in [1.29, 1.82) is 0 Å². The average molecular weight is 296 g/mol. The molecule has 3 rings (SSSR count). The van der Waals surface area contributed by atoms with Crippen molar-refractivity contribution in [1.82, 2.24) is 9.97 Å². The van der Waals surface area contributed by atoms with E-state index in [1.807, 2.05) is 0 Å². The number of aromatic nitrogens is 2. The zero-order chi connectivity index (χ0) is 15.2. The molecule has 2 N–H and O–H groups in total. The summed E-state index contributed by atoms with van der Waals surface area (Å²) in [5, 5.41) is 9.69. The normalized spacial score (nSPS) is 12.0. The Balaban J connectivity index is 2.17. The number of phenols is 1. The van der Waals surface area contributed by atoms with Crippen molar-refractivity contribution >= 4 is 11.0 Å². The highest BCUT2D eigenvalue weighted by Crippen LogP contribution is 2.39. The van der Waals surface area contributed by atoms with Crippen LogP contribution in [0.15, 0.2) is 36.4 Å². The fraction of sp³-hybridized carbons (Fsp3) is 0.0714. The summed E-state index contributed by atoms with van der Waals surface area (Å²) in [6.07, 6.45) is -4.87. The smallest absolute Gasteiger partial charge is 0.419 e. The van der Waals surface area contributed by atoms with Crippen LogP contribution in [-0.4, -0.2) is 15.1 Å². The average Bonchev–Trinajstić information content (AvgIpc) is 2.83. The van der Waals surface area contributed by atoms with E-state index in [4.69, 9.17) is 0 Å². The van der Waals surface area contributed by atoms with Gasteiger partial charge in [0.25, 0.3) is 0 Å².